The van der Waals surface area contributed by atoms with Crippen LogP contribution in [0.5, 0.6) is 0 Å². The first-order chi connectivity index (χ1) is 10.2. The minimum Gasteiger partial charge on any atom is -0.299 e. The van der Waals surface area contributed by atoms with Crippen LogP contribution in [0.25, 0.3) is 5.57 Å². The summed E-state index contributed by atoms with van der Waals surface area (Å²) < 4.78 is 0. The maximum atomic E-state index is 4.28. The lowest BCUT2D eigenvalue weighted by Crippen LogP contribution is -2.19. The summed E-state index contributed by atoms with van der Waals surface area (Å²) in [6.45, 7) is 10.0. The second kappa shape index (κ2) is 6.28. The Kier molecular flexibility index (Phi) is 4.21. The van der Waals surface area contributed by atoms with Crippen molar-refractivity contribution in [1.29, 1.82) is 0 Å². The molecule has 0 bridgehead atoms. The van der Waals surface area contributed by atoms with Gasteiger partial charge < -0.3 is 0 Å². The highest BCUT2D eigenvalue weighted by atomic mass is 15.1. The van der Waals surface area contributed by atoms with Crippen molar-refractivity contribution >= 4 is 5.57 Å². The molecule has 0 atom stereocenters. The molecule has 0 unspecified atom stereocenters. The number of benzene rings is 2. The van der Waals surface area contributed by atoms with Crippen LogP contribution in [0.4, 0.5) is 0 Å². The van der Waals surface area contributed by atoms with E-state index in [1.165, 1.54) is 48.2 Å². The fraction of sp³-hybridized carbons (Fsp3) is 0.300. The first-order valence-electron chi connectivity index (χ1n) is 7.80. The van der Waals surface area contributed by atoms with Crippen LogP contribution in [0.2, 0.25) is 0 Å². The summed E-state index contributed by atoms with van der Waals surface area (Å²) >= 11 is 0. The second-order valence-electron chi connectivity index (χ2n) is 5.97. The van der Waals surface area contributed by atoms with Gasteiger partial charge in [-0.15, -0.1) is 0 Å². The van der Waals surface area contributed by atoms with E-state index in [4.69, 9.17) is 0 Å². The summed E-state index contributed by atoms with van der Waals surface area (Å²) in [6, 6.07) is 17.2. The quantitative estimate of drug-likeness (QED) is 0.786. The molecular formula is C20H23N. The molecule has 0 amide bonds. The van der Waals surface area contributed by atoms with E-state index in [2.05, 4.69) is 60.9 Å². The number of nitrogens with zero attached hydrogens (tertiary/aromatic N) is 1. The Bertz CT molecular complexity index is 622. The Balaban J connectivity index is 1.84. The van der Waals surface area contributed by atoms with E-state index in [1.54, 1.807) is 0 Å². The van der Waals surface area contributed by atoms with E-state index >= 15 is 0 Å². The molecule has 3 rings (SSSR count). The van der Waals surface area contributed by atoms with Gasteiger partial charge >= 0.3 is 0 Å². The lowest BCUT2D eigenvalue weighted by atomic mass is 9.96. The van der Waals surface area contributed by atoms with Crippen molar-refractivity contribution < 1.29 is 0 Å². The van der Waals surface area contributed by atoms with Crippen LogP contribution in [-0.4, -0.2) is 18.0 Å². The largest absolute Gasteiger partial charge is 0.299 e. The summed E-state index contributed by atoms with van der Waals surface area (Å²) in [5.41, 5.74) is 6.37. The van der Waals surface area contributed by atoms with Crippen molar-refractivity contribution in [2.45, 2.75) is 26.3 Å². The van der Waals surface area contributed by atoms with E-state index in [0.29, 0.717) is 0 Å². The van der Waals surface area contributed by atoms with Gasteiger partial charge in [-0.1, -0.05) is 49.0 Å². The predicted octanol–water partition coefficient (Wildman–Crippen LogP) is 4.65. The zero-order valence-corrected chi connectivity index (χ0v) is 12.8. The maximum absolute atomic E-state index is 4.28. The lowest BCUT2D eigenvalue weighted by Gasteiger charge is -2.18. The van der Waals surface area contributed by atoms with Crippen LogP contribution in [0.3, 0.4) is 0 Å². The van der Waals surface area contributed by atoms with Crippen molar-refractivity contribution in [2.24, 2.45) is 0 Å². The van der Waals surface area contributed by atoms with Crippen molar-refractivity contribution in [1.82, 2.24) is 4.90 Å². The van der Waals surface area contributed by atoms with Crippen LogP contribution >= 0.6 is 0 Å². The molecule has 1 heterocycles. The second-order valence-corrected chi connectivity index (χ2v) is 5.97. The summed E-state index contributed by atoms with van der Waals surface area (Å²) in [6.07, 6.45) is 2.69. The van der Waals surface area contributed by atoms with Gasteiger partial charge in [0, 0.05) is 6.54 Å². The fourth-order valence-corrected chi connectivity index (χ4v) is 3.02. The van der Waals surface area contributed by atoms with E-state index < -0.39 is 0 Å². The third-order valence-corrected chi connectivity index (χ3v) is 4.41. The third kappa shape index (κ3) is 3.25. The maximum Gasteiger partial charge on any atom is 0.0236 e. The number of aryl methyl sites for hydroxylation is 1. The molecular weight excluding hydrogens is 254 g/mol. The molecule has 1 saturated heterocycles. The van der Waals surface area contributed by atoms with Gasteiger partial charge in [0.15, 0.2) is 0 Å². The smallest absolute Gasteiger partial charge is 0.0236 e. The molecule has 2 aromatic rings. The standard InChI is InChI=1S/C20H23N/c1-16-10-11-19(17(2)18-8-4-3-5-9-18)14-20(16)15-21-12-6-7-13-21/h3-5,8-11,14H,2,6-7,12-13,15H2,1H3. The van der Waals surface area contributed by atoms with Gasteiger partial charge in [0.25, 0.3) is 0 Å². The van der Waals surface area contributed by atoms with Crippen molar-refractivity contribution in [3.05, 3.63) is 77.4 Å². The molecule has 1 heteroatoms. The molecule has 0 saturated carbocycles. The average molecular weight is 277 g/mol. The zero-order chi connectivity index (χ0) is 14.7. The van der Waals surface area contributed by atoms with E-state index in [0.717, 1.165) is 12.1 Å². The first-order valence-corrected chi connectivity index (χ1v) is 7.80. The molecule has 0 spiro atoms. The van der Waals surface area contributed by atoms with E-state index in [-0.39, 0.29) is 0 Å². The Morgan fingerprint density at radius 1 is 1.00 bits per heavy atom. The summed E-state index contributed by atoms with van der Waals surface area (Å²) in [5, 5.41) is 0. The summed E-state index contributed by atoms with van der Waals surface area (Å²) in [7, 11) is 0. The van der Waals surface area contributed by atoms with Crippen molar-refractivity contribution in [3.8, 4) is 0 Å². The van der Waals surface area contributed by atoms with Gasteiger partial charge in [-0.05, 0) is 66.7 Å². The Morgan fingerprint density at radius 2 is 1.71 bits per heavy atom. The van der Waals surface area contributed by atoms with Gasteiger partial charge in [-0.25, -0.2) is 0 Å². The van der Waals surface area contributed by atoms with Crippen LogP contribution in [0.15, 0.2) is 55.1 Å². The van der Waals surface area contributed by atoms with Crippen molar-refractivity contribution in [3.63, 3.8) is 0 Å². The highest BCUT2D eigenvalue weighted by Crippen LogP contribution is 2.25. The van der Waals surface area contributed by atoms with Crippen LogP contribution in [0, 0.1) is 6.92 Å². The van der Waals surface area contributed by atoms with Crippen LogP contribution in [-0.2, 0) is 6.54 Å². The lowest BCUT2D eigenvalue weighted by molar-refractivity contribution is 0.330. The minimum absolute atomic E-state index is 1.07. The Morgan fingerprint density at radius 3 is 2.43 bits per heavy atom. The summed E-state index contributed by atoms with van der Waals surface area (Å²) in [4.78, 5) is 2.55. The van der Waals surface area contributed by atoms with E-state index in [9.17, 15) is 0 Å². The van der Waals surface area contributed by atoms with Gasteiger partial charge in [-0.3, -0.25) is 4.90 Å². The van der Waals surface area contributed by atoms with Crippen LogP contribution < -0.4 is 0 Å². The SMILES string of the molecule is C=C(c1ccccc1)c1ccc(C)c(CN2CCCC2)c1. The highest BCUT2D eigenvalue weighted by Gasteiger charge is 2.13. The topological polar surface area (TPSA) is 3.24 Å². The predicted molar refractivity (Wildman–Crippen MR) is 90.3 cm³/mol. The molecule has 0 aliphatic carbocycles. The third-order valence-electron chi connectivity index (χ3n) is 4.41. The molecule has 0 radical (unpaired) electrons. The molecule has 0 aromatic heterocycles. The van der Waals surface area contributed by atoms with Crippen molar-refractivity contribution in [2.75, 3.05) is 13.1 Å². The molecule has 1 fully saturated rings. The summed E-state index contributed by atoms with van der Waals surface area (Å²) in [5.74, 6) is 0. The fourth-order valence-electron chi connectivity index (χ4n) is 3.02. The first kappa shape index (κ1) is 14.1. The molecule has 1 aliphatic heterocycles. The molecule has 0 N–H and O–H groups in total. The number of hydrogen-bond acceptors (Lipinski definition) is 1. The number of rotatable bonds is 4. The normalized spacial score (nSPS) is 15.3. The van der Waals surface area contributed by atoms with E-state index in [1.807, 2.05) is 6.07 Å². The van der Waals surface area contributed by atoms with Gasteiger partial charge in [0.05, 0.1) is 0 Å². The average Bonchev–Trinajstić information content (AvgIpc) is 3.03. The Hall–Kier alpha value is -1.86. The molecule has 1 nitrogen and oxygen atoms in total. The zero-order valence-electron chi connectivity index (χ0n) is 12.8. The van der Waals surface area contributed by atoms with Gasteiger partial charge in [-0.2, -0.15) is 0 Å². The molecule has 108 valence electrons. The number of likely N-dealkylation sites (tertiary alicyclic amines) is 1. The Labute approximate surface area is 127 Å². The number of hydrogen-bond donors (Lipinski definition) is 0. The molecule has 1 aliphatic rings. The van der Waals surface area contributed by atoms with Gasteiger partial charge in [0.1, 0.15) is 0 Å². The van der Waals surface area contributed by atoms with Crippen LogP contribution in [0.1, 0.15) is 35.1 Å². The van der Waals surface area contributed by atoms with Gasteiger partial charge in [0.2, 0.25) is 0 Å². The molecule has 21 heavy (non-hydrogen) atoms. The monoisotopic (exact) mass is 277 g/mol. The molecule has 2 aromatic carbocycles. The minimum atomic E-state index is 1.07. The highest BCUT2D eigenvalue weighted by molar-refractivity contribution is 5.78.